The largest absolute Gasteiger partial charge is 0.462 e. The summed E-state index contributed by atoms with van der Waals surface area (Å²) in [7, 11) is 0. The van der Waals surface area contributed by atoms with E-state index >= 15 is 0 Å². The first-order valence-corrected chi connectivity index (χ1v) is 8.74. The van der Waals surface area contributed by atoms with Gasteiger partial charge in [0, 0.05) is 5.56 Å². The van der Waals surface area contributed by atoms with Gasteiger partial charge in [-0.05, 0) is 18.1 Å². The molecule has 0 fully saturated rings. The number of ether oxygens (including phenoxy) is 1. The van der Waals surface area contributed by atoms with Crippen molar-refractivity contribution < 1.29 is 14.1 Å². The van der Waals surface area contributed by atoms with Crippen LogP contribution >= 0.6 is 15.9 Å². The highest BCUT2D eigenvalue weighted by molar-refractivity contribution is 9.08. The molecule has 2 aromatic carbocycles. The second-order valence-electron chi connectivity index (χ2n) is 5.13. The number of carbonyl (C=O) groups excluding carboxylic acids is 1. The van der Waals surface area contributed by atoms with Crippen LogP contribution in [0.25, 0.3) is 22.4 Å². The number of hydrogen-bond acceptors (Lipinski definition) is 4. The van der Waals surface area contributed by atoms with E-state index in [9.17, 15) is 4.79 Å². The Balaban J connectivity index is 1.98. The molecule has 0 aliphatic carbocycles. The predicted octanol–water partition coefficient (Wildman–Crippen LogP) is 5.08. The third-order valence-corrected chi connectivity index (χ3v) is 4.14. The minimum Gasteiger partial charge on any atom is -0.462 e. The number of benzene rings is 2. The Morgan fingerprint density at radius 2 is 1.67 bits per heavy atom. The number of halogens is 1. The molecule has 4 nitrogen and oxygen atoms in total. The van der Waals surface area contributed by atoms with Crippen molar-refractivity contribution in [3.8, 4) is 22.4 Å². The van der Waals surface area contributed by atoms with Crippen LogP contribution in [-0.4, -0.2) is 17.7 Å². The van der Waals surface area contributed by atoms with E-state index in [-0.39, 0.29) is 0 Å². The maximum absolute atomic E-state index is 12.2. The molecule has 0 atom stereocenters. The van der Waals surface area contributed by atoms with Gasteiger partial charge in [-0.2, -0.15) is 0 Å². The monoisotopic (exact) mass is 385 g/mol. The topological polar surface area (TPSA) is 52.3 Å². The maximum Gasteiger partial charge on any atom is 0.344 e. The summed E-state index contributed by atoms with van der Waals surface area (Å²) in [6.45, 7) is 2.08. The Bertz CT molecular complexity index is 826. The van der Waals surface area contributed by atoms with E-state index in [0.717, 1.165) is 16.7 Å². The molecule has 1 heterocycles. The lowest BCUT2D eigenvalue weighted by Gasteiger charge is -2.05. The molecule has 0 spiro atoms. The predicted molar refractivity (Wildman–Crippen MR) is 96.0 cm³/mol. The Labute approximate surface area is 148 Å². The Morgan fingerprint density at radius 3 is 2.29 bits per heavy atom. The van der Waals surface area contributed by atoms with E-state index in [1.54, 1.807) is 6.92 Å². The summed E-state index contributed by atoms with van der Waals surface area (Å²) in [6.07, 6.45) is 0. The van der Waals surface area contributed by atoms with Gasteiger partial charge < -0.3 is 9.26 Å². The fourth-order valence-electron chi connectivity index (χ4n) is 2.48. The van der Waals surface area contributed by atoms with Gasteiger partial charge in [0.25, 0.3) is 0 Å². The van der Waals surface area contributed by atoms with Gasteiger partial charge in [-0.25, -0.2) is 4.79 Å². The van der Waals surface area contributed by atoms with E-state index in [0.29, 0.717) is 29.0 Å². The van der Waals surface area contributed by atoms with Crippen molar-refractivity contribution in [3.63, 3.8) is 0 Å². The van der Waals surface area contributed by atoms with Crippen molar-refractivity contribution in [2.24, 2.45) is 0 Å². The third kappa shape index (κ3) is 3.26. The van der Waals surface area contributed by atoms with Crippen LogP contribution in [0.5, 0.6) is 0 Å². The minimum absolute atomic E-state index is 0.304. The summed E-state index contributed by atoms with van der Waals surface area (Å²) in [5.41, 5.74) is 3.93. The van der Waals surface area contributed by atoms with Gasteiger partial charge in [0.1, 0.15) is 11.3 Å². The number of hydrogen-bond donors (Lipinski definition) is 0. The molecular weight excluding hydrogens is 370 g/mol. The quantitative estimate of drug-likeness (QED) is 0.453. The average Bonchev–Trinajstić information content (AvgIpc) is 3.07. The molecule has 0 aliphatic rings. The molecule has 1 aromatic heterocycles. The highest BCUT2D eigenvalue weighted by atomic mass is 79.9. The van der Waals surface area contributed by atoms with Crippen molar-refractivity contribution in [2.45, 2.75) is 12.3 Å². The molecule has 0 saturated heterocycles. The van der Waals surface area contributed by atoms with Gasteiger partial charge >= 0.3 is 5.97 Å². The lowest BCUT2D eigenvalue weighted by atomic mass is 10.0. The Hall–Kier alpha value is -2.40. The van der Waals surface area contributed by atoms with E-state index < -0.39 is 5.97 Å². The zero-order valence-corrected chi connectivity index (χ0v) is 14.7. The molecule has 0 unspecified atom stereocenters. The smallest absolute Gasteiger partial charge is 0.344 e. The van der Waals surface area contributed by atoms with Crippen molar-refractivity contribution in [2.75, 3.05) is 6.61 Å². The van der Waals surface area contributed by atoms with Crippen molar-refractivity contribution in [1.29, 1.82) is 0 Å². The van der Waals surface area contributed by atoms with Gasteiger partial charge in [0.15, 0.2) is 5.76 Å². The first-order chi connectivity index (χ1) is 11.7. The summed E-state index contributed by atoms with van der Waals surface area (Å²) in [5, 5.41) is 4.46. The van der Waals surface area contributed by atoms with Crippen LogP contribution in [0.3, 0.4) is 0 Å². The summed E-state index contributed by atoms with van der Waals surface area (Å²) in [6, 6.07) is 18.0. The van der Waals surface area contributed by atoms with Crippen LogP contribution in [0.4, 0.5) is 0 Å². The molecule has 0 radical (unpaired) electrons. The van der Waals surface area contributed by atoms with Crippen molar-refractivity contribution >= 4 is 21.9 Å². The number of rotatable bonds is 5. The first kappa shape index (κ1) is 16.5. The van der Waals surface area contributed by atoms with Crippen molar-refractivity contribution in [3.05, 3.63) is 65.9 Å². The van der Waals surface area contributed by atoms with Crippen LogP contribution in [0.15, 0.2) is 59.1 Å². The Morgan fingerprint density at radius 1 is 1.04 bits per heavy atom. The number of alkyl halides is 1. The molecule has 5 heteroatoms. The third-order valence-electron chi connectivity index (χ3n) is 3.63. The zero-order valence-electron chi connectivity index (χ0n) is 13.2. The molecule has 0 saturated carbocycles. The zero-order chi connectivity index (χ0) is 16.9. The summed E-state index contributed by atoms with van der Waals surface area (Å²) in [5.74, 6) is 0.0471. The molecule has 0 aliphatic heterocycles. The number of nitrogens with zero attached hydrogens (tertiary/aromatic N) is 1. The second-order valence-corrected chi connectivity index (χ2v) is 5.69. The van der Waals surface area contributed by atoms with Gasteiger partial charge in [0.05, 0.1) is 11.9 Å². The second kappa shape index (κ2) is 7.45. The standard InChI is InChI=1S/C19H16BrNO3/c1-2-23-19(22)17-16(12-20)24-21-18(17)15-10-8-14(9-11-15)13-6-4-3-5-7-13/h3-11H,2,12H2,1H3. The fraction of sp³-hybridized carbons (Fsp3) is 0.158. The van der Waals surface area contributed by atoms with Crippen LogP contribution in [-0.2, 0) is 10.1 Å². The van der Waals surface area contributed by atoms with Crippen LogP contribution < -0.4 is 0 Å². The normalized spacial score (nSPS) is 10.6. The highest BCUT2D eigenvalue weighted by Gasteiger charge is 2.24. The molecule has 0 N–H and O–H groups in total. The number of aromatic nitrogens is 1. The van der Waals surface area contributed by atoms with Gasteiger partial charge in [-0.3, -0.25) is 0 Å². The van der Waals surface area contributed by atoms with E-state index in [2.05, 4.69) is 33.2 Å². The SMILES string of the molecule is CCOC(=O)c1c(-c2ccc(-c3ccccc3)cc2)noc1CBr. The minimum atomic E-state index is -0.421. The fourth-order valence-corrected chi connectivity index (χ4v) is 2.86. The van der Waals surface area contributed by atoms with Gasteiger partial charge in [-0.15, -0.1) is 0 Å². The molecule has 122 valence electrons. The lowest BCUT2D eigenvalue weighted by Crippen LogP contribution is -2.07. The molecular formula is C19H16BrNO3. The van der Waals surface area contributed by atoms with Crippen LogP contribution in [0, 0.1) is 0 Å². The first-order valence-electron chi connectivity index (χ1n) is 7.62. The van der Waals surface area contributed by atoms with Gasteiger partial charge in [-0.1, -0.05) is 75.7 Å². The van der Waals surface area contributed by atoms with Crippen LogP contribution in [0.1, 0.15) is 23.0 Å². The Kier molecular flexibility index (Phi) is 5.11. The summed E-state index contributed by atoms with van der Waals surface area (Å²) < 4.78 is 10.4. The lowest BCUT2D eigenvalue weighted by molar-refractivity contribution is 0.0525. The van der Waals surface area contributed by atoms with Crippen molar-refractivity contribution in [1.82, 2.24) is 5.16 Å². The molecule has 3 rings (SSSR count). The average molecular weight is 386 g/mol. The van der Waals surface area contributed by atoms with Gasteiger partial charge in [0.2, 0.25) is 0 Å². The molecule has 24 heavy (non-hydrogen) atoms. The van der Waals surface area contributed by atoms with E-state index in [1.807, 2.05) is 42.5 Å². The highest BCUT2D eigenvalue weighted by Crippen LogP contribution is 2.29. The van der Waals surface area contributed by atoms with E-state index in [4.69, 9.17) is 9.26 Å². The van der Waals surface area contributed by atoms with E-state index in [1.165, 1.54) is 0 Å². The summed E-state index contributed by atoms with van der Waals surface area (Å²) >= 11 is 3.31. The maximum atomic E-state index is 12.2. The summed E-state index contributed by atoms with van der Waals surface area (Å²) in [4.78, 5) is 12.2. The molecule has 0 bridgehead atoms. The molecule has 0 amide bonds. The number of carbonyl (C=O) groups is 1. The molecule has 3 aromatic rings. The number of esters is 1. The van der Waals surface area contributed by atoms with Crippen LogP contribution in [0.2, 0.25) is 0 Å².